The van der Waals surface area contributed by atoms with Crippen molar-refractivity contribution in [3.63, 3.8) is 0 Å². The predicted molar refractivity (Wildman–Crippen MR) is 78.7 cm³/mol. The number of hydrogen-bond acceptors (Lipinski definition) is 2. The highest BCUT2D eigenvalue weighted by molar-refractivity contribution is 5.55. The second-order valence-corrected chi connectivity index (χ2v) is 4.89. The van der Waals surface area contributed by atoms with Gasteiger partial charge >= 0.3 is 0 Å². The molecule has 19 heavy (non-hydrogen) atoms. The zero-order valence-corrected chi connectivity index (χ0v) is 11.2. The Hall–Kier alpha value is -1.96. The summed E-state index contributed by atoms with van der Waals surface area (Å²) < 4.78 is 5.48. The predicted octanol–water partition coefficient (Wildman–Crippen LogP) is 4.18. The molecule has 0 fully saturated rings. The average Bonchev–Trinajstić information content (AvgIpc) is 2.48. The third-order valence-corrected chi connectivity index (χ3v) is 3.64. The summed E-state index contributed by atoms with van der Waals surface area (Å²) in [4.78, 5) is 0. The lowest BCUT2D eigenvalue weighted by Crippen LogP contribution is -2.17. The number of nitrogens with one attached hydrogen (secondary N) is 1. The Morgan fingerprint density at radius 1 is 1.11 bits per heavy atom. The molecule has 0 bridgehead atoms. The van der Waals surface area contributed by atoms with Crippen LogP contribution in [0.25, 0.3) is 0 Å². The van der Waals surface area contributed by atoms with Gasteiger partial charge in [0.2, 0.25) is 0 Å². The third-order valence-electron chi connectivity index (χ3n) is 3.64. The van der Waals surface area contributed by atoms with Gasteiger partial charge in [0.05, 0.1) is 12.6 Å². The molecule has 0 saturated carbocycles. The van der Waals surface area contributed by atoms with Crippen LogP contribution in [0, 0.1) is 0 Å². The van der Waals surface area contributed by atoms with Gasteiger partial charge in [-0.1, -0.05) is 30.3 Å². The number of fused-ring (bicyclic) bond motifs is 1. The molecule has 98 valence electrons. The number of para-hydroxylation sites is 1. The van der Waals surface area contributed by atoms with E-state index in [9.17, 15) is 0 Å². The fraction of sp³-hybridized carbons (Fsp3) is 0.294. The van der Waals surface area contributed by atoms with Crippen LogP contribution in [-0.2, 0) is 6.42 Å². The van der Waals surface area contributed by atoms with E-state index in [2.05, 4.69) is 53.8 Å². The molecule has 3 rings (SSSR count). The zero-order chi connectivity index (χ0) is 13.1. The van der Waals surface area contributed by atoms with E-state index < -0.39 is 0 Å². The molecule has 1 aliphatic rings. The highest BCUT2D eigenvalue weighted by Crippen LogP contribution is 2.32. The van der Waals surface area contributed by atoms with Crippen LogP contribution >= 0.6 is 0 Å². The molecular formula is C17H19NO. The van der Waals surface area contributed by atoms with Crippen molar-refractivity contribution in [2.45, 2.75) is 25.8 Å². The minimum atomic E-state index is 0.408. The smallest absolute Gasteiger partial charge is 0.119 e. The molecule has 0 saturated heterocycles. The van der Waals surface area contributed by atoms with Crippen molar-refractivity contribution in [1.82, 2.24) is 0 Å². The molecule has 0 spiro atoms. The van der Waals surface area contributed by atoms with Gasteiger partial charge in [-0.25, -0.2) is 0 Å². The number of aryl methyl sites for hydroxylation is 1. The summed E-state index contributed by atoms with van der Waals surface area (Å²) in [5.41, 5.74) is 4.02. The molecule has 1 heterocycles. The maximum Gasteiger partial charge on any atom is 0.119 e. The summed E-state index contributed by atoms with van der Waals surface area (Å²) >= 11 is 0. The van der Waals surface area contributed by atoms with E-state index in [1.165, 1.54) is 16.8 Å². The van der Waals surface area contributed by atoms with E-state index in [0.29, 0.717) is 12.6 Å². The second-order valence-electron chi connectivity index (χ2n) is 4.89. The number of anilines is 1. The van der Waals surface area contributed by atoms with E-state index in [1.807, 2.05) is 6.92 Å². The van der Waals surface area contributed by atoms with Crippen molar-refractivity contribution in [3.8, 4) is 5.75 Å². The van der Waals surface area contributed by atoms with Crippen LogP contribution in [0.15, 0.2) is 48.5 Å². The van der Waals surface area contributed by atoms with Crippen LogP contribution in [0.3, 0.4) is 0 Å². The number of ether oxygens (including phenoxy) is 1. The van der Waals surface area contributed by atoms with Gasteiger partial charge in [-0.2, -0.15) is 0 Å². The topological polar surface area (TPSA) is 21.3 Å². The lowest BCUT2D eigenvalue weighted by Gasteiger charge is -2.27. The second kappa shape index (κ2) is 5.35. The molecule has 1 N–H and O–H groups in total. The van der Waals surface area contributed by atoms with Crippen molar-refractivity contribution >= 4 is 5.69 Å². The van der Waals surface area contributed by atoms with Gasteiger partial charge in [0.15, 0.2) is 0 Å². The molecule has 1 unspecified atom stereocenters. The van der Waals surface area contributed by atoms with E-state index in [4.69, 9.17) is 4.74 Å². The summed E-state index contributed by atoms with van der Waals surface area (Å²) in [5, 5.41) is 3.62. The van der Waals surface area contributed by atoms with E-state index in [0.717, 1.165) is 18.6 Å². The van der Waals surface area contributed by atoms with Crippen LogP contribution in [0.5, 0.6) is 5.75 Å². The average molecular weight is 253 g/mol. The Balaban J connectivity index is 1.77. The highest BCUT2D eigenvalue weighted by Gasteiger charge is 2.18. The van der Waals surface area contributed by atoms with E-state index in [1.54, 1.807) is 0 Å². The van der Waals surface area contributed by atoms with Crippen LogP contribution in [-0.4, -0.2) is 6.61 Å². The largest absolute Gasteiger partial charge is 0.494 e. The lowest BCUT2D eigenvalue weighted by atomic mass is 9.93. The Morgan fingerprint density at radius 3 is 2.68 bits per heavy atom. The summed E-state index contributed by atoms with van der Waals surface area (Å²) in [5.74, 6) is 0.947. The first-order chi connectivity index (χ1) is 9.36. The van der Waals surface area contributed by atoms with Crippen LogP contribution in [0.4, 0.5) is 5.69 Å². The van der Waals surface area contributed by atoms with Crippen molar-refractivity contribution < 1.29 is 4.74 Å². The summed E-state index contributed by atoms with van der Waals surface area (Å²) in [6.45, 7) is 2.72. The van der Waals surface area contributed by atoms with Gasteiger partial charge in [0.1, 0.15) is 5.75 Å². The molecule has 2 aromatic carbocycles. The van der Waals surface area contributed by atoms with Gasteiger partial charge in [-0.3, -0.25) is 0 Å². The minimum Gasteiger partial charge on any atom is -0.494 e. The van der Waals surface area contributed by atoms with Crippen molar-refractivity contribution in [1.29, 1.82) is 0 Å². The minimum absolute atomic E-state index is 0.408. The van der Waals surface area contributed by atoms with Crippen molar-refractivity contribution in [2.75, 3.05) is 11.9 Å². The van der Waals surface area contributed by atoms with Crippen molar-refractivity contribution in [2.24, 2.45) is 0 Å². The fourth-order valence-corrected chi connectivity index (χ4v) is 2.65. The molecule has 1 atom stereocenters. The van der Waals surface area contributed by atoms with Crippen LogP contribution < -0.4 is 10.1 Å². The molecule has 0 aliphatic carbocycles. The highest BCUT2D eigenvalue weighted by atomic mass is 16.5. The molecule has 2 heteroatoms. The standard InChI is InChI=1S/C17H19NO/c1-2-19-15-10-7-14(8-11-15)17-12-9-13-5-3-4-6-16(13)18-17/h3-8,10-11,17-18H,2,9,12H2,1H3. The molecule has 2 aromatic rings. The van der Waals surface area contributed by atoms with Gasteiger partial charge in [0, 0.05) is 5.69 Å². The van der Waals surface area contributed by atoms with Gasteiger partial charge < -0.3 is 10.1 Å². The maximum atomic E-state index is 5.48. The monoisotopic (exact) mass is 253 g/mol. The first kappa shape index (κ1) is 12.1. The molecule has 0 radical (unpaired) electrons. The first-order valence-corrected chi connectivity index (χ1v) is 6.94. The molecular weight excluding hydrogens is 234 g/mol. The molecule has 0 amide bonds. The quantitative estimate of drug-likeness (QED) is 0.885. The Kier molecular flexibility index (Phi) is 3.41. The number of benzene rings is 2. The summed E-state index contributed by atoms with van der Waals surface area (Å²) in [6, 6.07) is 17.4. The normalized spacial score (nSPS) is 17.4. The first-order valence-electron chi connectivity index (χ1n) is 6.94. The Bertz CT molecular complexity index is 547. The SMILES string of the molecule is CCOc1ccc(C2CCc3ccccc3N2)cc1. The zero-order valence-electron chi connectivity index (χ0n) is 11.2. The fourth-order valence-electron chi connectivity index (χ4n) is 2.65. The van der Waals surface area contributed by atoms with Crippen LogP contribution in [0.1, 0.15) is 30.5 Å². The van der Waals surface area contributed by atoms with E-state index >= 15 is 0 Å². The van der Waals surface area contributed by atoms with E-state index in [-0.39, 0.29) is 0 Å². The Morgan fingerprint density at radius 2 is 1.89 bits per heavy atom. The van der Waals surface area contributed by atoms with Gasteiger partial charge in [-0.15, -0.1) is 0 Å². The summed E-state index contributed by atoms with van der Waals surface area (Å²) in [7, 11) is 0. The van der Waals surface area contributed by atoms with Gasteiger partial charge in [-0.05, 0) is 49.1 Å². The molecule has 1 aliphatic heterocycles. The van der Waals surface area contributed by atoms with Gasteiger partial charge in [0.25, 0.3) is 0 Å². The lowest BCUT2D eigenvalue weighted by molar-refractivity contribution is 0.340. The van der Waals surface area contributed by atoms with Crippen molar-refractivity contribution in [3.05, 3.63) is 59.7 Å². The van der Waals surface area contributed by atoms with Crippen LogP contribution in [0.2, 0.25) is 0 Å². The Labute approximate surface area is 114 Å². The summed E-state index contributed by atoms with van der Waals surface area (Å²) in [6.07, 6.45) is 2.28. The number of rotatable bonds is 3. The molecule has 2 nitrogen and oxygen atoms in total. The number of hydrogen-bond donors (Lipinski definition) is 1. The third kappa shape index (κ3) is 2.58. The maximum absolute atomic E-state index is 5.48. The molecule has 0 aromatic heterocycles.